The Morgan fingerprint density at radius 3 is 2.50 bits per heavy atom. The Morgan fingerprint density at radius 1 is 1.38 bits per heavy atom. The number of nitrogens with one attached hydrogen (secondary N) is 1. The van der Waals surface area contributed by atoms with Gasteiger partial charge in [0.15, 0.2) is 0 Å². The zero-order valence-corrected chi connectivity index (χ0v) is 10.0. The van der Waals surface area contributed by atoms with Gasteiger partial charge in [-0.2, -0.15) is 0 Å². The quantitative estimate of drug-likeness (QED) is 0.783. The highest BCUT2D eigenvalue weighted by atomic mass is 16.2. The lowest BCUT2D eigenvalue weighted by molar-refractivity contribution is 0.0498. The monoisotopic (exact) mass is 222 g/mol. The van der Waals surface area contributed by atoms with Crippen LogP contribution in [0.3, 0.4) is 0 Å². The van der Waals surface area contributed by atoms with Gasteiger partial charge in [0, 0.05) is 12.1 Å². The van der Waals surface area contributed by atoms with Crippen molar-refractivity contribution in [1.29, 1.82) is 0 Å². The fraction of sp³-hybridized carbons (Fsp3) is 0.727. The summed E-state index contributed by atoms with van der Waals surface area (Å²) in [6, 6.07) is 0.574. The number of carbonyl (C=O) groups is 1. The van der Waals surface area contributed by atoms with Crippen molar-refractivity contribution in [3.8, 4) is 0 Å². The molecule has 5 heteroatoms. The highest BCUT2D eigenvalue weighted by Crippen LogP contribution is 2.23. The average molecular weight is 222 g/mol. The number of piperidine rings is 1. The van der Waals surface area contributed by atoms with Gasteiger partial charge in [0.2, 0.25) is 5.82 Å². The molecule has 5 nitrogen and oxygen atoms in total. The first-order valence-corrected chi connectivity index (χ1v) is 5.81. The van der Waals surface area contributed by atoms with Crippen molar-refractivity contribution in [1.82, 2.24) is 20.1 Å². The van der Waals surface area contributed by atoms with Gasteiger partial charge in [-0.05, 0) is 40.0 Å². The molecule has 0 unspecified atom stereocenters. The predicted molar refractivity (Wildman–Crippen MR) is 60.1 cm³/mol. The van der Waals surface area contributed by atoms with E-state index < -0.39 is 0 Å². The number of aromatic nitrogens is 3. The van der Waals surface area contributed by atoms with Crippen LogP contribution in [-0.4, -0.2) is 38.1 Å². The Hall–Kier alpha value is -1.39. The van der Waals surface area contributed by atoms with Crippen LogP contribution in [0.2, 0.25) is 0 Å². The summed E-state index contributed by atoms with van der Waals surface area (Å²) in [7, 11) is 0. The molecule has 1 saturated heterocycles. The molecule has 1 N–H and O–H groups in total. The number of likely N-dealkylation sites (tertiary alicyclic amines) is 1. The third-order valence-corrected chi connectivity index (χ3v) is 3.22. The van der Waals surface area contributed by atoms with Gasteiger partial charge in [0.05, 0.1) is 0 Å². The third-order valence-electron chi connectivity index (χ3n) is 3.22. The van der Waals surface area contributed by atoms with Crippen LogP contribution in [0, 0.1) is 6.92 Å². The van der Waals surface area contributed by atoms with E-state index in [4.69, 9.17) is 0 Å². The number of hydrogen-bond donors (Lipinski definition) is 1. The lowest BCUT2D eigenvalue weighted by Gasteiger charge is -2.38. The minimum atomic E-state index is -0.0518. The molecule has 0 spiro atoms. The molecule has 0 aromatic carbocycles. The normalized spacial score (nSPS) is 25.8. The van der Waals surface area contributed by atoms with Crippen LogP contribution in [0.15, 0.2) is 0 Å². The number of H-pyrrole nitrogens is 1. The van der Waals surface area contributed by atoms with Crippen molar-refractivity contribution in [3.05, 3.63) is 11.6 Å². The summed E-state index contributed by atoms with van der Waals surface area (Å²) in [5, 5.41) is 6.64. The van der Waals surface area contributed by atoms with Gasteiger partial charge in [-0.3, -0.25) is 9.89 Å². The Kier molecular flexibility index (Phi) is 2.94. The molecule has 1 amide bonds. The van der Waals surface area contributed by atoms with E-state index in [1.54, 1.807) is 6.92 Å². The van der Waals surface area contributed by atoms with Crippen LogP contribution in [0.4, 0.5) is 0 Å². The largest absolute Gasteiger partial charge is 0.330 e. The molecular formula is C11H18N4O. The number of rotatable bonds is 1. The first kappa shape index (κ1) is 11.1. The number of nitrogens with zero attached hydrogens (tertiary/aromatic N) is 3. The van der Waals surface area contributed by atoms with Crippen molar-refractivity contribution < 1.29 is 4.79 Å². The Balaban J connectivity index is 2.19. The Labute approximate surface area is 95.2 Å². The second kappa shape index (κ2) is 4.23. The van der Waals surface area contributed by atoms with Crippen molar-refractivity contribution in [3.63, 3.8) is 0 Å². The lowest BCUT2D eigenvalue weighted by atomic mass is 9.97. The maximum atomic E-state index is 12.2. The molecule has 1 fully saturated rings. The molecular weight excluding hydrogens is 204 g/mol. The first-order valence-electron chi connectivity index (χ1n) is 5.81. The molecule has 16 heavy (non-hydrogen) atoms. The molecule has 88 valence electrons. The lowest BCUT2D eigenvalue weighted by Crippen LogP contribution is -2.47. The summed E-state index contributed by atoms with van der Waals surface area (Å²) in [6.07, 6.45) is 3.33. The van der Waals surface area contributed by atoms with E-state index in [9.17, 15) is 4.79 Å². The van der Waals surface area contributed by atoms with Crippen LogP contribution in [0.25, 0.3) is 0 Å². The molecule has 0 radical (unpaired) electrons. The molecule has 2 rings (SSSR count). The predicted octanol–water partition coefficient (Wildman–Crippen LogP) is 1.52. The van der Waals surface area contributed by atoms with Crippen molar-refractivity contribution in [2.45, 2.75) is 52.1 Å². The number of aromatic amines is 1. The minimum Gasteiger partial charge on any atom is -0.330 e. The Bertz CT molecular complexity index is 377. The van der Waals surface area contributed by atoms with Crippen LogP contribution in [0.1, 0.15) is 49.6 Å². The van der Waals surface area contributed by atoms with Gasteiger partial charge in [-0.15, -0.1) is 5.10 Å². The van der Waals surface area contributed by atoms with Gasteiger partial charge >= 0.3 is 0 Å². The molecule has 1 aromatic rings. The van der Waals surface area contributed by atoms with Crippen molar-refractivity contribution >= 4 is 5.91 Å². The smallest absolute Gasteiger partial charge is 0.294 e. The molecule has 1 aliphatic rings. The number of aryl methyl sites for hydroxylation is 1. The maximum absolute atomic E-state index is 12.2. The van der Waals surface area contributed by atoms with Crippen LogP contribution in [-0.2, 0) is 0 Å². The van der Waals surface area contributed by atoms with Gasteiger partial charge in [-0.25, -0.2) is 4.98 Å². The number of amides is 1. The molecule has 1 aliphatic heterocycles. The van der Waals surface area contributed by atoms with E-state index in [1.165, 1.54) is 6.42 Å². The SMILES string of the molecule is Cc1nc(C(=O)N2[C@H](C)CCC[C@@H]2C)n[nH]1. The van der Waals surface area contributed by atoms with Gasteiger partial charge in [0.25, 0.3) is 5.91 Å². The zero-order chi connectivity index (χ0) is 11.7. The second-order valence-electron chi connectivity index (χ2n) is 4.59. The summed E-state index contributed by atoms with van der Waals surface area (Å²) in [5.41, 5.74) is 0. The average Bonchev–Trinajstić information content (AvgIpc) is 2.64. The standard InChI is InChI=1S/C11H18N4O/c1-7-5-4-6-8(2)15(7)11(16)10-12-9(3)13-14-10/h7-8H,4-6H2,1-3H3,(H,12,13,14)/t7-,8+. The van der Waals surface area contributed by atoms with Crippen LogP contribution in [0.5, 0.6) is 0 Å². The maximum Gasteiger partial charge on any atom is 0.294 e. The molecule has 0 saturated carbocycles. The van der Waals surface area contributed by atoms with E-state index in [0.29, 0.717) is 5.82 Å². The summed E-state index contributed by atoms with van der Waals surface area (Å²) >= 11 is 0. The van der Waals surface area contributed by atoms with E-state index in [-0.39, 0.29) is 23.8 Å². The molecule has 1 aromatic heterocycles. The highest BCUT2D eigenvalue weighted by Gasteiger charge is 2.31. The summed E-state index contributed by atoms with van der Waals surface area (Å²) in [4.78, 5) is 18.2. The molecule has 0 bridgehead atoms. The highest BCUT2D eigenvalue weighted by molar-refractivity contribution is 5.90. The summed E-state index contributed by atoms with van der Waals surface area (Å²) in [5.74, 6) is 0.919. The third kappa shape index (κ3) is 1.94. The van der Waals surface area contributed by atoms with Gasteiger partial charge in [-0.1, -0.05) is 0 Å². The topological polar surface area (TPSA) is 61.9 Å². The Morgan fingerprint density at radius 2 is 2.00 bits per heavy atom. The molecule has 2 atom stereocenters. The van der Waals surface area contributed by atoms with Gasteiger partial charge < -0.3 is 4.90 Å². The second-order valence-corrected chi connectivity index (χ2v) is 4.59. The fourth-order valence-electron chi connectivity index (χ4n) is 2.38. The molecule has 0 aliphatic carbocycles. The number of hydrogen-bond acceptors (Lipinski definition) is 3. The van der Waals surface area contributed by atoms with E-state index in [1.807, 2.05) is 4.90 Å². The van der Waals surface area contributed by atoms with Crippen molar-refractivity contribution in [2.75, 3.05) is 0 Å². The van der Waals surface area contributed by atoms with E-state index in [0.717, 1.165) is 12.8 Å². The van der Waals surface area contributed by atoms with E-state index in [2.05, 4.69) is 29.0 Å². The van der Waals surface area contributed by atoms with Crippen LogP contribution < -0.4 is 0 Å². The summed E-state index contributed by atoms with van der Waals surface area (Å²) < 4.78 is 0. The first-order chi connectivity index (χ1) is 7.59. The number of carbonyl (C=O) groups excluding carboxylic acids is 1. The van der Waals surface area contributed by atoms with Crippen LogP contribution >= 0.6 is 0 Å². The fourth-order valence-corrected chi connectivity index (χ4v) is 2.38. The molecule has 2 heterocycles. The minimum absolute atomic E-state index is 0.0518. The van der Waals surface area contributed by atoms with Crippen molar-refractivity contribution in [2.24, 2.45) is 0 Å². The van der Waals surface area contributed by atoms with E-state index >= 15 is 0 Å². The zero-order valence-electron chi connectivity index (χ0n) is 10.0. The summed E-state index contributed by atoms with van der Waals surface area (Å²) in [6.45, 7) is 5.98. The van der Waals surface area contributed by atoms with Gasteiger partial charge in [0.1, 0.15) is 5.82 Å².